The van der Waals surface area contributed by atoms with E-state index in [-0.39, 0.29) is 18.6 Å². The van der Waals surface area contributed by atoms with Crippen LogP contribution in [0.5, 0.6) is 0 Å². The number of carbonyl (C=O) groups is 1. The highest BCUT2D eigenvalue weighted by molar-refractivity contribution is 9.10. The zero-order chi connectivity index (χ0) is 12.8. The van der Waals surface area contributed by atoms with E-state index in [0.717, 1.165) is 10.2 Å². The molecule has 0 amide bonds. The summed E-state index contributed by atoms with van der Waals surface area (Å²) < 4.78 is 5.85. The summed E-state index contributed by atoms with van der Waals surface area (Å²) in [5, 5.41) is 0. The van der Waals surface area contributed by atoms with Crippen LogP contribution in [0.3, 0.4) is 0 Å². The van der Waals surface area contributed by atoms with Gasteiger partial charge in [-0.05, 0) is 42.8 Å². The second-order valence-corrected chi connectivity index (χ2v) is 4.71. The zero-order valence-electron chi connectivity index (χ0n) is 10.3. The highest BCUT2D eigenvalue weighted by atomic mass is 79.9. The lowest BCUT2D eigenvalue weighted by Crippen LogP contribution is -2.36. The average Bonchev–Trinajstić information content (AvgIpc) is 2.27. The summed E-state index contributed by atoms with van der Waals surface area (Å²) in [5.41, 5.74) is 0.947. The molecule has 0 saturated carbocycles. The molecule has 5 heteroatoms. The van der Waals surface area contributed by atoms with Gasteiger partial charge in [0.15, 0.2) is 0 Å². The van der Waals surface area contributed by atoms with E-state index in [1.165, 1.54) is 0 Å². The molecule has 17 heavy (non-hydrogen) atoms. The predicted molar refractivity (Wildman–Crippen MR) is 71.1 cm³/mol. The van der Waals surface area contributed by atoms with E-state index in [2.05, 4.69) is 20.9 Å². The Bertz CT molecular complexity index is 383. The third-order valence-electron chi connectivity index (χ3n) is 2.29. The van der Waals surface area contributed by atoms with Gasteiger partial charge in [-0.15, -0.1) is 0 Å². The number of hydrogen-bond donors (Lipinski definition) is 0. The van der Waals surface area contributed by atoms with Gasteiger partial charge in [0.1, 0.15) is 6.54 Å². The van der Waals surface area contributed by atoms with Crippen LogP contribution in [-0.4, -0.2) is 30.1 Å². The molecule has 1 aromatic rings. The number of esters is 1. The first kappa shape index (κ1) is 14.0. The van der Waals surface area contributed by atoms with Crippen molar-refractivity contribution in [1.29, 1.82) is 0 Å². The molecule has 0 fully saturated rings. The number of anilines is 1. The van der Waals surface area contributed by atoms with Crippen molar-refractivity contribution in [1.82, 2.24) is 4.98 Å². The summed E-state index contributed by atoms with van der Waals surface area (Å²) in [6.07, 6.45) is 3.43. The third-order valence-corrected chi connectivity index (χ3v) is 2.90. The van der Waals surface area contributed by atoms with E-state index in [4.69, 9.17) is 4.74 Å². The van der Waals surface area contributed by atoms with Crippen molar-refractivity contribution in [3.05, 3.63) is 22.9 Å². The highest BCUT2D eigenvalue weighted by Crippen LogP contribution is 2.26. The smallest absolute Gasteiger partial charge is 0.325 e. The summed E-state index contributed by atoms with van der Waals surface area (Å²) in [5.74, 6) is -0.218. The molecule has 0 bridgehead atoms. The van der Waals surface area contributed by atoms with E-state index in [9.17, 15) is 4.79 Å². The van der Waals surface area contributed by atoms with Crippen LogP contribution in [0, 0.1) is 0 Å². The number of hydrogen-bond acceptors (Lipinski definition) is 4. The maximum absolute atomic E-state index is 11.5. The normalized spacial score (nSPS) is 10.4. The molecule has 94 valence electrons. The Balaban J connectivity index is 2.87. The molecule has 0 aliphatic rings. The van der Waals surface area contributed by atoms with Crippen LogP contribution in [0.15, 0.2) is 22.9 Å². The van der Waals surface area contributed by atoms with Gasteiger partial charge in [0.05, 0.1) is 16.8 Å². The van der Waals surface area contributed by atoms with Crippen molar-refractivity contribution >= 4 is 27.6 Å². The van der Waals surface area contributed by atoms with E-state index in [1.54, 1.807) is 19.3 Å². The minimum Gasteiger partial charge on any atom is -0.465 e. The van der Waals surface area contributed by atoms with Crippen molar-refractivity contribution in [2.24, 2.45) is 0 Å². The third kappa shape index (κ3) is 4.00. The molecule has 0 spiro atoms. The van der Waals surface area contributed by atoms with Crippen LogP contribution >= 0.6 is 15.9 Å². The lowest BCUT2D eigenvalue weighted by atomic mass is 10.2. The summed E-state index contributed by atoms with van der Waals surface area (Å²) in [7, 11) is 0. The van der Waals surface area contributed by atoms with Crippen LogP contribution in [0.4, 0.5) is 5.69 Å². The van der Waals surface area contributed by atoms with Crippen molar-refractivity contribution in [2.75, 3.05) is 18.1 Å². The van der Waals surface area contributed by atoms with Gasteiger partial charge in [0, 0.05) is 18.4 Å². The molecule has 0 N–H and O–H groups in total. The topological polar surface area (TPSA) is 42.4 Å². The second kappa shape index (κ2) is 6.59. The van der Waals surface area contributed by atoms with Gasteiger partial charge in [0.2, 0.25) is 0 Å². The number of rotatable bonds is 5. The Morgan fingerprint density at radius 2 is 2.29 bits per heavy atom. The van der Waals surface area contributed by atoms with Crippen LogP contribution < -0.4 is 4.90 Å². The number of carbonyl (C=O) groups excluding carboxylic acids is 1. The predicted octanol–water partition coefficient (Wildman–Crippen LogP) is 2.62. The van der Waals surface area contributed by atoms with Crippen molar-refractivity contribution in [2.45, 2.75) is 26.8 Å². The number of aromatic nitrogens is 1. The minimum atomic E-state index is -0.218. The first-order valence-corrected chi connectivity index (χ1v) is 6.37. The lowest BCUT2D eigenvalue weighted by Gasteiger charge is -2.28. The largest absolute Gasteiger partial charge is 0.465 e. The molecule has 4 nitrogen and oxygen atoms in total. The monoisotopic (exact) mass is 300 g/mol. The molecular formula is C12H17BrN2O2. The Morgan fingerprint density at radius 3 is 2.82 bits per heavy atom. The van der Waals surface area contributed by atoms with Crippen molar-refractivity contribution in [3.8, 4) is 0 Å². The fourth-order valence-corrected chi connectivity index (χ4v) is 1.97. The second-order valence-electron chi connectivity index (χ2n) is 3.85. The van der Waals surface area contributed by atoms with E-state index >= 15 is 0 Å². The fraction of sp³-hybridized carbons (Fsp3) is 0.500. The number of pyridine rings is 1. The van der Waals surface area contributed by atoms with Gasteiger partial charge < -0.3 is 9.64 Å². The highest BCUT2D eigenvalue weighted by Gasteiger charge is 2.17. The van der Waals surface area contributed by atoms with Gasteiger partial charge in [0.25, 0.3) is 0 Å². The lowest BCUT2D eigenvalue weighted by molar-refractivity contribution is -0.141. The zero-order valence-corrected chi connectivity index (χ0v) is 11.9. The quantitative estimate of drug-likeness (QED) is 0.784. The summed E-state index contributed by atoms with van der Waals surface area (Å²) in [6.45, 7) is 6.52. The maximum Gasteiger partial charge on any atom is 0.325 e. The maximum atomic E-state index is 11.5. The van der Waals surface area contributed by atoms with E-state index in [0.29, 0.717) is 6.61 Å². The van der Waals surface area contributed by atoms with Crippen LogP contribution in [0.1, 0.15) is 20.8 Å². The molecule has 0 aromatic carbocycles. The summed E-state index contributed by atoms with van der Waals surface area (Å²) >= 11 is 3.44. The molecule has 0 aliphatic carbocycles. The fourth-order valence-electron chi connectivity index (χ4n) is 1.49. The van der Waals surface area contributed by atoms with E-state index in [1.807, 2.05) is 24.8 Å². The standard InChI is InChI=1S/C12H17BrN2O2/c1-4-17-12(16)8-15(9(2)3)11-5-6-14-7-10(11)13/h5-7,9H,4,8H2,1-3H3. The number of nitrogens with zero attached hydrogens (tertiary/aromatic N) is 2. The van der Waals surface area contributed by atoms with Crippen molar-refractivity contribution in [3.63, 3.8) is 0 Å². The van der Waals surface area contributed by atoms with Gasteiger partial charge >= 0.3 is 5.97 Å². The van der Waals surface area contributed by atoms with Crippen molar-refractivity contribution < 1.29 is 9.53 Å². The molecular weight excluding hydrogens is 284 g/mol. The Hall–Kier alpha value is -1.10. The molecule has 0 atom stereocenters. The van der Waals surface area contributed by atoms with Crippen LogP contribution in [0.25, 0.3) is 0 Å². The minimum absolute atomic E-state index is 0.207. The Morgan fingerprint density at radius 1 is 1.59 bits per heavy atom. The Labute approximate surface area is 110 Å². The summed E-state index contributed by atoms with van der Waals surface area (Å²) in [4.78, 5) is 17.5. The Kier molecular flexibility index (Phi) is 5.41. The first-order chi connectivity index (χ1) is 8.06. The van der Waals surface area contributed by atoms with Gasteiger partial charge in [-0.25, -0.2) is 0 Å². The van der Waals surface area contributed by atoms with Gasteiger partial charge in [-0.2, -0.15) is 0 Å². The van der Waals surface area contributed by atoms with Crippen LogP contribution in [-0.2, 0) is 9.53 Å². The van der Waals surface area contributed by atoms with Crippen LogP contribution in [0.2, 0.25) is 0 Å². The first-order valence-electron chi connectivity index (χ1n) is 5.58. The van der Waals surface area contributed by atoms with Gasteiger partial charge in [-0.1, -0.05) is 0 Å². The molecule has 1 aromatic heterocycles. The molecule has 0 saturated heterocycles. The number of ether oxygens (including phenoxy) is 1. The van der Waals surface area contributed by atoms with Gasteiger partial charge in [-0.3, -0.25) is 9.78 Å². The molecule has 1 rings (SSSR count). The summed E-state index contributed by atoms with van der Waals surface area (Å²) in [6, 6.07) is 2.08. The molecule has 0 unspecified atom stereocenters. The number of halogens is 1. The van der Waals surface area contributed by atoms with E-state index < -0.39 is 0 Å². The molecule has 0 radical (unpaired) electrons. The molecule has 0 aliphatic heterocycles. The SMILES string of the molecule is CCOC(=O)CN(c1ccncc1Br)C(C)C. The molecule has 1 heterocycles. The average molecular weight is 301 g/mol.